The van der Waals surface area contributed by atoms with Gasteiger partial charge >= 0.3 is 0 Å². The summed E-state index contributed by atoms with van der Waals surface area (Å²) in [5.41, 5.74) is 6.39. The quantitative estimate of drug-likeness (QED) is 0.491. The number of nitrogens with one attached hydrogen (secondary N) is 2. The molecule has 0 heterocycles. The van der Waals surface area contributed by atoms with Crippen molar-refractivity contribution < 1.29 is 19.1 Å². The van der Waals surface area contributed by atoms with Gasteiger partial charge in [0.25, 0.3) is 5.91 Å². The summed E-state index contributed by atoms with van der Waals surface area (Å²) in [5.74, 6) is -0.314. The molecule has 7 heteroatoms. The number of methoxy groups -OCH3 is 2. The van der Waals surface area contributed by atoms with E-state index in [4.69, 9.17) is 15.2 Å². The zero-order chi connectivity index (χ0) is 15.8. The number of rotatable bonds is 7. The second kappa shape index (κ2) is 8.11. The van der Waals surface area contributed by atoms with Gasteiger partial charge in [0, 0.05) is 19.3 Å². The van der Waals surface area contributed by atoms with Gasteiger partial charge in [-0.2, -0.15) is 0 Å². The minimum atomic E-state index is -0.680. The maximum absolute atomic E-state index is 12.2. The number of carbonyl (C=O) groups is 2. The monoisotopic (exact) mass is 295 g/mol. The molecule has 1 unspecified atom stereocenters. The van der Waals surface area contributed by atoms with Crippen molar-refractivity contribution in [3.8, 4) is 5.75 Å². The minimum Gasteiger partial charge on any atom is -0.496 e. The Balaban J connectivity index is 2.68. The molecule has 0 saturated heterocycles. The summed E-state index contributed by atoms with van der Waals surface area (Å²) < 4.78 is 9.94. The molecule has 2 amide bonds. The van der Waals surface area contributed by atoms with E-state index in [1.54, 1.807) is 26.2 Å². The molecule has 1 atom stereocenters. The Hall–Kier alpha value is -2.28. The molecule has 0 aliphatic rings. The minimum absolute atomic E-state index is 0.286. The van der Waals surface area contributed by atoms with Gasteiger partial charge in [-0.15, -0.1) is 0 Å². The highest BCUT2D eigenvalue weighted by molar-refractivity contribution is 6.00. The van der Waals surface area contributed by atoms with E-state index in [1.165, 1.54) is 13.2 Å². The first-order chi connectivity index (χ1) is 9.99. The molecule has 0 bridgehead atoms. The predicted molar refractivity (Wildman–Crippen MR) is 79.2 cm³/mol. The molecule has 0 radical (unpaired) electrons. The maximum Gasteiger partial charge on any atom is 0.255 e. The third-order valence-corrected chi connectivity index (χ3v) is 2.81. The van der Waals surface area contributed by atoms with Crippen molar-refractivity contribution in [1.82, 2.24) is 10.6 Å². The van der Waals surface area contributed by atoms with E-state index in [2.05, 4.69) is 10.6 Å². The molecule has 0 aromatic heterocycles. The van der Waals surface area contributed by atoms with Crippen LogP contribution in [0.1, 0.15) is 17.3 Å². The van der Waals surface area contributed by atoms with Crippen LogP contribution >= 0.6 is 0 Å². The smallest absolute Gasteiger partial charge is 0.255 e. The fraction of sp³-hybridized carbons (Fsp3) is 0.429. The summed E-state index contributed by atoms with van der Waals surface area (Å²) in [6.07, 6.45) is 0. The van der Waals surface area contributed by atoms with Gasteiger partial charge in [0.1, 0.15) is 11.8 Å². The Morgan fingerprint density at radius 2 is 2.05 bits per heavy atom. The zero-order valence-electron chi connectivity index (χ0n) is 12.4. The molecular weight excluding hydrogens is 274 g/mol. The number of carbonyl (C=O) groups excluding carboxylic acids is 2. The van der Waals surface area contributed by atoms with Crippen molar-refractivity contribution in [2.24, 2.45) is 0 Å². The summed E-state index contributed by atoms with van der Waals surface area (Å²) in [6.45, 7) is 2.39. The van der Waals surface area contributed by atoms with Crippen molar-refractivity contribution in [3.05, 3.63) is 23.8 Å². The summed E-state index contributed by atoms with van der Waals surface area (Å²) in [6, 6.07) is 4.06. The van der Waals surface area contributed by atoms with Crippen LogP contribution in [0.25, 0.3) is 0 Å². The summed E-state index contributed by atoms with van der Waals surface area (Å²) in [5, 5.41) is 5.24. The van der Waals surface area contributed by atoms with Crippen molar-refractivity contribution in [2.45, 2.75) is 13.0 Å². The third-order valence-electron chi connectivity index (χ3n) is 2.81. The highest BCUT2D eigenvalue weighted by Gasteiger charge is 2.19. The molecule has 0 aliphatic carbocycles. The molecule has 7 nitrogen and oxygen atoms in total. The van der Waals surface area contributed by atoms with Crippen molar-refractivity contribution >= 4 is 17.5 Å². The number of anilines is 1. The molecule has 21 heavy (non-hydrogen) atoms. The van der Waals surface area contributed by atoms with E-state index in [-0.39, 0.29) is 11.5 Å². The molecule has 4 N–H and O–H groups in total. The van der Waals surface area contributed by atoms with Crippen LogP contribution in [0.5, 0.6) is 5.75 Å². The van der Waals surface area contributed by atoms with Crippen LogP contribution < -0.4 is 21.1 Å². The number of amides is 2. The Morgan fingerprint density at radius 1 is 1.33 bits per heavy atom. The molecule has 0 fully saturated rings. The van der Waals surface area contributed by atoms with E-state index in [9.17, 15) is 9.59 Å². The lowest BCUT2D eigenvalue weighted by Crippen LogP contribution is -2.45. The molecular formula is C14H21N3O4. The largest absolute Gasteiger partial charge is 0.496 e. The highest BCUT2D eigenvalue weighted by Crippen LogP contribution is 2.20. The number of benzene rings is 1. The molecule has 1 aromatic rings. The molecule has 0 saturated carbocycles. The van der Waals surface area contributed by atoms with Crippen molar-refractivity contribution in [1.29, 1.82) is 0 Å². The summed E-state index contributed by atoms with van der Waals surface area (Å²) in [7, 11) is 3.01. The van der Waals surface area contributed by atoms with Crippen LogP contribution in [0.15, 0.2) is 18.2 Å². The molecule has 116 valence electrons. The second-order valence-corrected chi connectivity index (χ2v) is 4.44. The number of hydrogen-bond acceptors (Lipinski definition) is 5. The lowest BCUT2D eigenvalue weighted by atomic mass is 10.1. The van der Waals surface area contributed by atoms with Gasteiger partial charge in [0.2, 0.25) is 5.91 Å². The summed E-state index contributed by atoms with van der Waals surface area (Å²) in [4.78, 5) is 23.9. The van der Waals surface area contributed by atoms with Crippen LogP contribution in [0.4, 0.5) is 5.69 Å². The van der Waals surface area contributed by atoms with Gasteiger partial charge in [-0.1, -0.05) is 0 Å². The molecule has 0 aliphatic heterocycles. The first-order valence-electron chi connectivity index (χ1n) is 6.50. The van der Waals surface area contributed by atoms with E-state index < -0.39 is 11.9 Å². The summed E-state index contributed by atoms with van der Waals surface area (Å²) >= 11 is 0. The van der Waals surface area contributed by atoms with Crippen LogP contribution in [-0.4, -0.2) is 45.2 Å². The van der Waals surface area contributed by atoms with Crippen LogP contribution in [0.3, 0.4) is 0 Å². The Morgan fingerprint density at radius 3 is 2.67 bits per heavy atom. The van der Waals surface area contributed by atoms with Gasteiger partial charge < -0.3 is 25.8 Å². The highest BCUT2D eigenvalue weighted by atomic mass is 16.5. The van der Waals surface area contributed by atoms with Crippen LogP contribution in [0.2, 0.25) is 0 Å². The second-order valence-electron chi connectivity index (χ2n) is 4.44. The lowest BCUT2D eigenvalue weighted by Gasteiger charge is -2.15. The van der Waals surface area contributed by atoms with E-state index in [1.807, 2.05) is 0 Å². The molecule has 1 aromatic carbocycles. The number of hydrogen-bond donors (Lipinski definition) is 3. The number of ether oxygens (including phenoxy) is 2. The molecule has 0 spiro atoms. The van der Waals surface area contributed by atoms with E-state index in [0.29, 0.717) is 24.6 Å². The average Bonchev–Trinajstić information content (AvgIpc) is 2.47. The van der Waals surface area contributed by atoms with E-state index >= 15 is 0 Å². The third kappa shape index (κ3) is 4.96. The van der Waals surface area contributed by atoms with Gasteiger partial charge in [0.05, 0.1) is 19.3 Å². The zero-order valence-corrected chi connectivity index (χ0v) is 12.4. The normalized spacial score (nSPS) is 11.6. The van der Waals surface area contributed by atoms with Crippen molar-refractivity contribution in [3.63, 3.8) is 0 Å². The van der Waals surface area contributed by atoms with Crippen LogP contribution in [-0.2, 0) is 9.53 Å². The molecule has 1 rings (SSSR count). The Labute approximate surface area is 123 Å². The Kier molecular flexibility index (Phi) is 6.48. The van der Waals surface area contributed by atoms with E-state index in [0.717, 1.165) is 0 Å². The van der Waals surface area contributed by atoms with Gasteiger partial charge in [-0.3, -0.25) is 9.59 Å². The first kappa shape index (κ1) is 16.8. The maximum atomic E-state index is 12.2. The number of nitrogen functional groups attached to an aromatic ring is 1. The Bertz CT molecular complexity index is 505. The fourth-order valence-electron chi connectivity index (χ4n) is 1.67. The van der Waals surface area contributed by atoms with Gasteiger partial charge in [-0.25, -0.2) is 0 Å². The fourth-order valence-corrected chi connectivity index (χ4v) is 1.67. The SMILES string of the molecule is COCCNC(=O)C(C)NC(=O)c1cc(N)ccc1OC. The van der Waals surface area contributed by atoms with Crippen LogP contribution in [0, 0.1) is 0 Å². The standard InChI is InChI=1S/C14H21N3O4/c1-9(13(18)16-6-7-20-2)17-14(19)11-8-10(15)4-5-12(11)21-3/h4-5,8-9H,6-7,15H2,1-3H3,(H,16,18)(H,17,19). The lowest BCUT2D eigenvalue weighted by molar-refractivity contribution is -0.122. The topological polar surface area (TPSA) is 103 Å². The van der Waals surface area contributed by atoms with Gasteiger partial charge in [0.15, 0.2) is 0 Å². The predicted octanol–water partition coefficient (Wildman–Crippen LogP) is 0.158. The first-order valence-corrected chi connectivity index (χ1v) is 6.50. The van der Waals surface area contributed by atoms with Crippen molar-refractivity contribution in [2.75, 3.05) is 33.1 Å². The average molecular weight is 295 g/mol. The number of nitrogens with two attached hydrogens (primary N) is 1. The van der Waals surface area contributed by atoms with Gasteiger partial charge in [-0.05, 0) is 25.1 Å².